The van der Waals surface area contributed by atoms with E-state index in [0.29, 0.717) is 55.2 Å². The number of fused-ring (bicyclic) bond motifs is 2. The molecule has 2 aliphatic heterocycles. The van der Waals surface area contributed by atoms with Crippen LogP contribution in [-0.2, 0) is 27.4 Å². The molecular weight excluding hydrogens is 508 g/mol. The Morgan fingerprint density at radius 1 is 0.975 bits per heavy atom. The van der Waals surface area contributed by atoms with Crippen LogP contribution in [0.3, 0.4) is 0 Å². The van der Waals surface area contributed by atoms with Crippen LogP contribution in [0.1, 0.15) is 32.6 Å². The molecule has 40 heavy (non-hydrogen) atoms. The minimum absolute atomic E-state index is 0.0411. The number of esters is 1. The number of aliphatic imine (C=N–C) groups is 1. The van der Waals surface area contributed by atoms with Crippen LogP contribution >= 0.6 is 0 Å². The second-order valence-corrected chi connectivity index (χ2v) is 10.0. The molecule has 0 saturated carbocycles. The van der Waals surface area contributed by atoms with E-state index in [4.69, 9.17) is 14.5 Å². The fourth-order valence-electron chi connectivity index (χ4n) is 5.34. The van der Waals surface area contributed by atoms with Gasteiger partial charge in [0.05, 0.1) is 49.4 Å². The third-order valence-electron chi connectivity index (χ3n) is 7.45. The highest BCUT2D eigenvalue weighted by atomic mass is 16.5. The Balaban J connectivity index is 1.33. The van der Waals surface area contributed by atoms with Gasteiger partial charge in [0.1, 0.15) is 0 Å². The minimum Gasteiger partial charge on any atom is -0.494 e. The number of aromatic nitrogens is 1. The summed E-state index contributed by atoms with van der Waals surface area (Å²) in [6.07, 6.45) is 0. The molecule has 0 unspecified atom stereocenters. The molecular formula is C31H30N4O5. The number of rotatable bonds is 6. The molecule has 1 fully saturated rings. The number of benzene rings is 3. The second-order valence-electron chi connectivity index (χ2n) is 10.0. The summed E-state index contributed by atoms with van der Waals surface area (Å²) in [6, 6.07) is 20.8. The summed E-state index contributed by atoms with van der Waals surface area (Å²) in [4.78, 5) is 37.1. The van der Waals surface area contributed by atoms with Crippen molar-refractivity contribution < 1.29 is 24.2 Å². The third-order valence-corrected chi connectivity index (χ3v) is 7.45. The number of nitrogens with one attached hydrogen (secondary N) is 1. The average Bonchev–Trinajstić information content (AvgIpc) is 3.56. The Hall–Kier alpha value is -4.47. The van der Waals surface area contributed by atoms with Gasteiger partial charge in [-0.3, -0.25) is 9.69 Å². The van der Waals surface area contributed by atoms with E-state index in [1.54, 1.807) is 18.2 Å². The number of carbonyl (C=O) groups excluding carboxylic acids is 2. The highest BCUT2D eigenvalue weighted by molar-refractivity contribution is 6.22. The summed E-state index contributed by atoms with van der Waals surface area (Å²) in [6.45, 7) is 4.40. The lowest BCUT2D eigenvalue weighted by molar-refractivity contribution is -0.134. The molecule has 3 heterocycles. The zero-order valence-corrected chi connectivity index (χ0v) is 22.2. The molecule has 1 aromatic heterocycles. The van der Waals surface area contributed by atoms with Crippen molar-refractivity contribution in [3.63, 3.8) is 0 Å². The van der Waals surface area contributed by atoms with E-state index < -0.39 is 5.97 Å². The van der Waals surface area contributed by atoms with Crippen molar-refractivity contribution in [2.75, 3.05) is 40.0 Å². The van der Waals surface area contributed by atoms with Crippen LogP contribution in [0.5, 0.6) is 5.88 Å². The van der Waals surface area contributed by atoms with Gasteiger partial charge in [-0.1, -0.05) is 42.5 Å². The first-order chi connectivity index (χ1) is 19.5. The average molecular weight is 539 g/mol. The van der Waals surface area contributed by atoms with Gasteiger partial charge in [0.2, 0.25) is 5.91 Å². The fourth-order valence-corrected chi connectivity index (χ4v) is 5.34. The van der Waals surface area contributed by atoms with Gasteiger partial charge in [-0.25, -0.2) is 9.79 Å². The number of hydrogen-bond donors (Lipinski definition) is 2. The van der Waals surface area contributed by atoms with Crippen molar-refractivity contribution in [3.8, 4) is 5.88 Å². The predicted molar refractivity (Wildman–Crippen MR) is 151 cm³/mol. The van der Waals surface area contributed by atoms with Crippen LogP contribution in [0.25, 0.3) is 10.9 Å². The van der Waals surface area contributed by atoms with Crippen molar-refractivity contribution in [2.45, 2.75) is 13.1 Å². The smallest absolute Gasteiger partial charge is 0.337 e. The van der Waals surface area contributed by atoms with Crippen molar-refractivity contribution in [1.29, 1.82) is 0 Å². The number of aromatic amines is 1. The summed E-state index contributed by atoms with van der Waals surface area (Å²) in [5, 5.41) is 11.7. The number of morpholine rings is 1. The zero-order valence-electron chi connectivity index (χ0n) is 22.2. The number of methoxy groups -OCH3 is 1. The summed E-state index contributed by atoms with van der Waals surface area (Å²) in [5.41, 5.74) is 5.85. The Bertz CT molecular complexity index is 1610. The molecule has 9 nitrogen and oxygen atoms in total. The molecule has 4 aromatic rings. The van der Waals surface area contributed by atoms with Crippen molar-refractivity contribution >= 4 is 34.2 Å². The van der Waals surface area contributed by atoms with E-state index in [9.17, 15) is 14.7 Å². The fraction of sp³-hybridized carbons (Fsp3) is 0.258. The van der Waals surface area contributed by atoms with Gasteiger partial charge in [0, 0.05) is 42.6 Å². The van der Waals surface area contributed by atoms with E-state index in [1.807, 2.05) is 53.4 Å². The number of aromatic hydroxyl groups is 1. The molecule has 0 spiro atoms. The number of nitrogens with zero attached hydrogens (tertiary/aromatic N) is 3. The number of hydrogen-bond acceptors (Lipinski definition) is 7. The molecule has 0 bridgehead atoms. The first-order valence-corrected chi connectivity index (χ1v) is 13.3. The van der Waals surface area contributed by atoms with E-state index in [-0.39, 0.29) is 11.8 Å². The SMILES string of the molecule is COC(=O)c1ccc2c(C(=Nc3ccc4c(c3)CN(C(=O)CN3CCOCC3)C4)c3ccccc3)c(O)[nH]c2c1. The normalized spacial score (nSPS) is 15.8. The lowest BCUT2D eigenvalue weighted by Gasteiger charge is -2.27. The van der Waals surface area contributed by atoms with Gasteiger partial charge >= 0.3 is 5.97 Å². The Kier molecular flexibility index (Phi) is 7.06. The molecule has 2 N–H and O–H groups in total. The van der Waals surface area contributed by atoms with Crippen LogP contribution in [0.4, 0.5) is 5.69 Å². The number of H-pyrrole nitrogens is 1. The lowest BCUT2D eigenvalue weighted by atomic mass is 10.00. The Morgan fingerprint density at radius 2 is 1.75 bits per heavy atom. The topological polar surface area (TPSA) is 107 Å². The number of carbonyl (C=O) groups is 2. The Morgan fingerprint density at radius 3 is 2.52 bits per heavy atom. The maximum atomic E-state index is 13.0. The van der Waals surface area contributed by atoms with Gasteiger partial charge in [-0.05, 0) is 35.4 Å². The molecule has 3 aromatic carbocycles. The van der Waals surface area contributed by atoms with E-state index >= 15 is 0 Å². The standard InChI is InChI=1S/C31H30N4O5/c1-39-31(38)21-8-10-25-26(16-21)33-30(37)28(25)29(20-5-3-2-4-6-20)32-24-9-7-22-17-35(18-23(22)15-24)27(36)19-34-11-13-40-14-12-34/h2-10,15-16,33,37H,11-14,17-19H2,1H3. The van der Waals surface area contributed by atoms with Crippen LogP contribution in [-0.4, -0.2) is 77.4 Å². The van der Waals surface area contributed by atoms with Crippen molar-refractivity contribution in [1.82, 2.24) is 14.8 Å². The summed E-state index contributed by atoms with van der Waals surface area (Å²) in [7, 11) is 1.33. The largest absolute Gasteiger partial charge is 0.494 e. The number of ether oxygens (including phenoxy) is 2. The van der Waals surface area contributed by atoms with Crippen LogP contribution in [0.2, 0.25) is 0 Å². The molecule has 6 rings (SSSR count). The maximum absolute atomic E-state index is 13.0. The Labute approximate surface area is 231 Å². The lowest BCUT2D eigenvalue weighted by Crippen LogP contribution is -2.43. The molecule has 1 amide bonds. The predicted octanol–water partition coefficient (Wildman–Crippen LogP) is 4.00. The van der Waals surface area contributed by atoms with Gasteiger partial charge in [-0.2, -0.15) is 0 Å². The quantitative estimate of drug-likeness (QED) is 0.284. The summed E-state index contributed by atoms with van der Waals surface area (Å²) in [5.74, 6) is -0.381. The van der Waals surface area contributed by atoms with Gasteiger partial charge < -0.3 is 24.5 Å². The van der Waals surface area contributed by atoms with E-state index in [0.717, 1.165) is 40.9 Å². The van der Waals surface area contributed by atoms with E-state index in [1.165, 1.54) is 7.11 Å². The minimum atomic E-state index is -0.454. The van der Waals surface area contributed by atoms with E-state index in [2.05, 4.69) is 9.88 Å². The van der Waals surface area contributed by atoms with Gasteiger partial charge in [0.25, 0.3) is 0 Å². The van der Waals surface area contributed by atoms with Crippen molar-refractivity contribution in [2.24, 2.45) is 4.99 Å². The van der Waals surface area contributed by atoms with Crippen LogP contribution < -0.4 is 0 Å². The monoisotopic (exact) mass is 538 g/mol. The van der Waals surface area contributed by atoms with Gasteiger partial charge in [0.15, 0.2) is 5.88 Å². The third kappa shape index (κ3) is 5.09. The molecule has 1 saturated heterocycles. The second kappa shape index (κ2) is 11.0. The highest BCUT2D eigenvalue weighted by Gasteiger charge is 2.26. The molecule has 0 radical (unpaired) electrons. The van der Waals surface area contributed by atoms with Gasteiger partial charge in [-0.15, -0.1) is 0 Å². The molecule has 9 heteroatoms. The van der Waals surface area contributed by atoms with Crippen molar-refractivity contribution in [3.05, 3.63) is 94.5 Å². The molecule has 204 valence electrons. The molecule has 2 aliphatic rings. The van der Waals surface area contributed by atoms with Crippen LogP contribution in [0.15, 0.2) is 71.7 Å². The maximum Gasteiger partial charge on any atom is 0.337 e. The molecule has 0 aliphatic carbocycles. The number of amides is 1. The van der Waals surface area contributed by atoms with Crippen LogP contribution in [0, 0.1) is 0 Å². The first-order valence-electron chi connectivity index (χ1n) is 13.3. The molecule has 0 atom stereocenters. The first kappa shape index (κ1) is 25.8. The zero-order chi connectivity index (χ0) is 27.6. The highest BCUT2D eigenvalue weighted by Crippen LogP contribution is 2.33. The summed E-state index contributed by atoms with van der Waals surface area (Å²) < 4.78 is 10.2. The summed E-state index contributed by atoms with van der Waals surface area (Å²) >= 11 is 0.